The summed E-state index contributed by atoms with van der Waals surface area (Å²) in [6.07, 6.45) is 3.50. The van der Waals surface area contributed by atoms with Crippen LogP contribution in [0.1, 0.15) is 6.92 Å². The first-order valence-electron chi connectivity index (χ1n) is 2.31. The summed E-state index contributed by atoms with van der Waals surface area (Å²) in [7, 11) is 0. The first kappa shape index (κ1) is 5.42. The van der Waals surface area contributed by atoms with Crippen molar-refractivity contribution in [3.8, 4) is 0 Å². The molecule has 0 aromatic rings. The molecule has 0 atom stereocenters. The van der Waals surface area contributed by atoms with E-state index in [9.17, 15) is 4.39 Å². The summed E-state index contributed by atoms with van der Waals surface area (Å²) in [4.78, 5) is 0. The molecule has 0 aromatic carbocycles. The van der Waals surface area contributed by atoms with E-state index in [1.165, 1.54) is 3.33 Å². The van der Waals surface area contributed by atoms with Gasteiger partial charge in [0.1, 0.15) is 0 Å². The van der Waals surface area contributed by atoms with E-state index in [4.69, 9.17) is 0 Å². The van der Waals surface area contributed by atoms with Crippen LogP contribution in [0.3, 0.4) is 0 Å². The monoisotopic (exact) mass is 200 g/mol. The quantitative estimate of drug-likeness (QED) is 0.550. The van der Waals surface area contributed by atoms with Gasteiger partial charge in [-0.15, -0.1) is 0 Å². The van der Waals surface area contributed by atoms with Crippen LogP contribution < -0.4 is 0 Å². The molecule has 0 aromatic heterocycles. The maximum absolute atomic E-state index is 12.1. The van der Waals surface area contributed by atoms with Gasteiger partial charge in [0.05, 0.1) is 0 Å². The average molecular weight is 200 g/mol. The molecule has 0 amide bonds. The number of rotatable bonds is 0. The van der Waals surface area contributed by atoms with Crippen molar-refractivity contribution in [3.63, 3.8) is 0 Å². The molecule has 1 rings (SSSR count). The van der Waals surface area contributed by atoms with Crippen LogP contribution in [0.5, 0.6) is 0 Å². The minimum absolute atomic E-state index is 0.194. The van der Waals surface area contributed by atoms with E-state index in [0.29, 0.717) is 0 Å². The molecular weight excluding hydrogens is 194 g/mol. The molecule has 0 unspecified atom stereocenters. The maximum atomic E-state index is 12.1. The Labute approximate surface area is 53.5 Å². The van der Waals surface area contributed by atoms with Crippen LogP contribution in [0.2, 0.25) is 0 Å². The van der Waals surface area contributed by atoms with Gasteiger partial charge in [-0.2, -0.15) is 0 Å². The average Bonchev–Trinajstić information content (AvgIpc) is 1.87. The molecule has 0 fully saturated rings. The topological polar surface area (TPSA) is 0 Å². The molecule has 0 radical (unpaired) electrons. The Balaban J connectivity index is 2.61. The van der Waals surface area contributed by atoms with E-state index in [2.05, 4.69) is 0 Å². The van der Waals surface area contributed by atoms with Crippen LogP contribution in [-0.4, -0.2) is 22.9 Å². The van der Waals surface area contributed by atoms with Crippen LogP contribution in [-0.2, 0) is 0 Å². The fourth-order valence-corrected chi connectivity index (χ4v) is 3.48. The van der Waals surface area contributed by atoms with Crippen molar-refractivity contribution in [3.05, 3.63) is 19.1 Å². The Kier molecular flexibility index (Phi) is 1.57. The molecular formula is C5H6FIn. The molecule has 0 N–H and O–H groups in total. The van der Waals surface area contributed by atoms with Gasteiger partial charge < -0.3 is 0 Å². The van der Waals surface area contributed by atoms with Crippen molar-refractivity contribution in [1.82, 2.24) is 0 Å². The van der Waals surface area contributed by atoms with Crippen LogP contribution in [0.15, 0.2) is 19.1 Å². The standard InChI is InChI=1S/C5H5F.In.H/c1-2-3-4-5-6;;/h3-4H,1H3;;. The van der Waals surface area contributed by atoms with E-state index < -0.39 is 22.9 Å². The second-order valence-electron chi connectivity index (χ2n) is 1.80. The van der Waals surface area contributed by atoms with Gasteiger partial charge in [-0.1, -0.05) is 0 Å². The van der Waals surface area contributed by atoms with Crippen molar-refractivity contribution >= 4 is 22.9 Å². The van der Waals surface area contributed by atoms with E-state index in [-0.39, 0.29) is 3.58 Å². The van der Waals surface area contributed by atoms with Crippen LogP contribution in [0.4, 0.5) is 4.39 Å². The van der Waals surface area contributed by atoms with Gasteiger partial charge in [0, 0.05) is 0 Å². The van der Waals surface area contributed by atoms with Gasteiger partial charge >= 0.3 is 53.3 Å². The summed E-state index contributed by atoms with van der Waals surface area (Å²) in [6, 6.07) is 0. The number of halogens is 1. The van der Waals surface area contributed by atoms with E-state index in [0.717, 1.165) is 0 Å². The Morgan fingerprint density at radius 2 is 2.29 bits per heavy atom. The zero-order valence-corrected chi connectivity index (χ0v) is 8.28. The second-order valence-corrected chi connectivity index (χ2v) is 7.92. The molecule has 0 bridgehead atoms. The molecule has 0 nitrogen and oxygen atoms in total. The van der Waals surface area contributed by atoms with Crippen LogP contribution >= 0.6 is 0 Å². The van der Waals surface area contributed by atoms with E-state index in [1.54, 1.807) is 6.08 Å². The zero-order valence-electron chi connectivity index (χ0n) is 4.24. The third-order valence-electron chi connectivity index (χ3n) is 0.996. The van der Waals surface area contributed by atoms with Crippen molar-refractivity contribution < 1.29 is 4.39 Å². The Morgan fingerprint density at radius 1 is 1.57 bits per heavy atom. The molecule has 0 spiro atoms. The Morgan fingerprint density at radius 3 is 2.43 bits per heavy atom. The number of hydrogen-bond acceptors (Lipinski definition) is 0. The Bertz CT molecular complexity index is 119. The first-order chi connectivity index (χ1) is 3.29. The van der Waals surface area contributed by atoms with Gasteiger partial charge in [0.25, 0.3) is 0 Å². The third kappa shape index (κ3) is 1.34. The Hall–Kier alpha value is 0.280. The number of allylic oxidation sites excluding steroid dienone is 3. The van der Waals surface area contributed by atoms with Crippen molar-refractivity contribution in [1.29, 1.82) is 0 Å². The predicted molar refractivity (Wildman–Crippen MR) is 30.1 cm³/mol. The van der Waals surface area contributed by atoms with Gasteiger partial charge in [-0.25, -0.2) is 0 Å². The van der Waals surface area contributed by atoms with Crippen molar-refractivity contribution in [2.24, 2.45) is 0 Å². The molecule has 0 aliphatic carbocycles. The van der Waals surface area contributed by atoms with Gasteiger partial charge in [0.2, 0.25) is 0 Å². The van der Waals surface area contributed by atoms with Crippen molar-refractivity contribution in [2.45, 2.75) is 6.92 Å². The van der Waals surface area contributed by atoms with Crippen LogP contribution in [0, 0.1) is 0 Å². The fourth-order valence-electron chi connectivity index (χ4n) is 0.617. The second kappa shape index (κ2) is 2.03. The van der Waals surface area contributed by atoms with Crippen LogP contribution in [0.25, 0.3) is 0 Å². The van der Waals surface area contributed by atoms with Gasteiger partial charge in [-0.05, 0) is 0 Å². The zero-order chi connectivity index (χ0) is 5.28. The molecule has 36 valence electrons. The fraction of sp³-hybridized carbons (Fsp3) is 0.200. The minimum atomic E-state index is -1.11. The summed E-state index contributed by atoms with van der Waals surface area (Å²) in [5.74, 6) is 0. The number of hydrogen-bond donors (Lipinski definition) is 0. The van der Waals surface area contributed by atoms with Gasteiger partial charge in [0.15, 0.2) is 0 Å². The SMILES string of the molecule is C[C]1=CC=[C](F)[InH]1. The molecule has 0 saturated heterocycles. The first-order valence-corrected chi connectivity index (χ1v) is 6.34. The third-order valence-corrected chi connectivity index (χ3v) is 4.90. The predicted octanol–water partition coefficient (Wildman–Crippen LogP) is 1.15. The summed E-state index contributed by atoms with van der Waals surface area (Å²) in [5, 5.41) is 0. The summed E-state index contributed by atoms with van der Waals surface area (Å²) >= 11 is -1.11. The molecule has 2 heteroatoms. The summed E-state index contributed by atoms with van der Waals surface area (Å²) in [5.41, 5.74) is 0. The van der Waals surface area contributed by atoms with Crippen molar-refractivity contribution in [2.75, 3.05) is 0 Å². The molecule has 1 heterocycles. The molecule has 7 heavy (non-hydrogen) atoms. The normalized spacial score (nSPS) is 18.0. The van der Waals surface area contributed by atoms with E-state index in [1.807, 2.05) is 13.0 Å². The molecule has 1 aliphatic rings. The molecule has 0 saturated carbocycles. The van der Waals surface area contributed by atoms with E-state index >= 15 is 0 Å². The summed E-state index contributed by atoms with van der Waals surface area (Å²) in [6.45, 7) is 2.01. The summed E-state index contributed by atoms with van der Waals surface area (Å²) < 4.78 is 13.6. The molecule has 1 aliphatic heterocycles. The van der Waals surface area contributed by atoms with Gasteiger partial charge in [-0.3, -0.25) is 0 Å².